The molecule has 2 aliphatic rings. The van der Waals surface area contributed by atoms with Crippen LogP contribution in [0.5, 0.6) is 0 Å². The zero-order valence-electron chi connectivity index (χ0n) is 11.7. The Balaban J connectivity index is 2.19. The Kier molecular flexibility index (Phi) is 3.70. The average Bonchev–Trinajstić information content (AvgIpc) is 2.67. The third kappa shape index (κ3) is 2.53. The fourth-order valence-corrected chi connectivity index (χ4v) is 5.70. The van der Waals surface area contributed by atoms with E-state index < -0.39 is 20.9 Å². The number of nitriles is 1. The highest BCUT2D eigenvalue weighted by Gasteiger charge is 2.57. The summed E-state index contributed by atoms with van der Waals surface area (Å²) in [5.41, 5.74) is -2.19. The van der Waals surface area contributed by atoms with E-state index in [2.05, 4.69) is 19.9 Å². The highest BCUT2D eigenvalue weighted by molar-refractivity contribution is 7.91. The van der Waals surface area contributed by atoms with Gasteiger partial charge in [-0.3, -0.25) is 0 Å². The summed E-state index contributed by atoms with van der Waals surface area (Å²) in [6, 6.07) is 2.16. The van der Waals surface area contributed by atoms with Crippen molar-refractivity contribution in [1.82, 2.24) is 0 Å². The average molecular weight is 285 g/mol. The molecule has 1 unspecified atom stereocenters. The lowest BCUT2D eigenvalue weighted by Gasteiger charge is -2.45. The summed E-state index contributed by atoms with van der Waals surface area (Å²) in [7, 11) is -3.17. The summed E-state index contributed by atoms with van der Waals surface area (Å²) in [5, 5.41) is 20.3. The van der Waals surface area contributed by atoms with Crippen LogP contribution in [0.15, 0.2) is 0 Å². The second kappa shape index (κ2) is 4.75. The molecule has 1 aliphatic carbocycles. The second-order valence-corrected chi connectivity index (χ2v) is 8.83. The van der Waals surface area contributed by atoms with Gasteiger partial charge in [-0.1, -0.05) is 13.8 Å². The van der Waals surface area contributed by atoms with Crippen LogP contribution in [0.3, 0.4) is 0 Å². The van der Waals surface area contributed by atoms with Gasteiger partial charge in [-0.25, -0.2) is 8.42 Å². The molecule has 5 heteroatoms. The Morgan fingerprint density at radius 2 is 1.84 bits per heavy atom. The topological polar surface area (TPSA) is 78.2 Å². The monoisotopic (exact) mass is 285 g/mol. The molecule has 108 valence electrons. The summed E-state index contributed by atoms with van der Waals surface area (Å²) in [6.45, 7) is 4.35. The van der Waals surface area contributed by atoms with Crippen LogP contribution in [-0.2, 0) is 9.84 Å². The maximum absolute atomic E-state index is 11.7. The normalized spacial score (nSPS) is 42.2. The zero-order chi connectivity index (χ0) is 14.3. The molecule has 1 saturated heterocycles. The van der Waals surface area contributed by atoms with E-state index in [1.165, 1.54) is 0 Å². The number of hydrogen-bond donors (Lipinski definition) is 1. The molecule has 0 spiro atoms. The van der Waals surface area contributed by atoms with Crippen LogP contribution < -0.4 is 0 Å². The van der Waals surface area contributed by atoms with Crippen molar-refractivity contribution < 1.29 is 13.5 Å². The number of aliphatic hydroxyl groups is 1. The highest BCUT2D eigenvalue weighted by Crippen LogP contribution is 2.50. The second-order valence-electron chi connectivity index (χ2n) is 6.65. The molecule has 0 radical (unpaired) electrons. The molecular weight excluding hydrogens is 262 g/mol. The van der Waals surface area contributed by atoms with Crippen molar-refractivity contribution in [1.29, 1.82) is 5.26 Å². The fraction of sp³-hybridized carbons (Fsp3) is 0.929. The minimum Gasteiger partial charge on any atom is -0.388 e. The van der Waals surface area contributed by atoms with Gasteiger partial charge in [0.1, 0.15) is 5.41 Å². The molecule has 0 aromatic carbocycles. The lowest BCUT2D eigenvalue weighted by molar-refractivity contribution is -0.0843. The quantitative estimate of drug-likeness (QED) is 0.840. The van der Waals surface area contributed by atoms with Crippen molar-refractivity contribution in [2.45, 2.75) is 51.6 Å². The minimum absolute atomic E-state index is 0.0382. The summed E-state index contributed by atoms with van der Waals surface area (Å²) in [4.78, 5) is 0. The SMILES string of the molecule is CC(C)C1CCC(O)(C2(C#N)CCS(=O)(=O)C2)CC1. The molecule has 1 atom stereocenters. The molecule has 2 fully saturated rings. The first-order valence-corrected chi connectivity index (χ1v) is 8.90. The van der Waals surface area contributed by atoms with Crippen LogP contribution in [0.4, 0.5) is 0 Å². The van der Waals surface area contributed by atoms with Gasteiger partial charge in [0, 0.05) is 0 Å². The minimum atomic E-state index is -3.17. The lowest BCUT2D eigenvalue weighted by Crippen LogP contribution is -2.51. The third-order valence-corrected chi connectivity index (χ3v) is 6.97. The molecule has 0 amide bonds. The van der Waals surface area contributed by atoms with E-state index in [0.717, 1.165) is 12.8 Å². The fourth-order valence-electron chi connectivity index (χ4n) is 3.67. The van der Waals surface area contributed by atoms with Gasteiger partial charge < -0.3 is 5.11 Å². The van der Waals surface area contributed by atoms with Gasteiger partial charge in [-0.15, -0.1) is 0 Å². The predicted octanol–water partition coefficient (Wildman–Crippen LogP) is 1.89. The van der Waals surface area contributed by atoms with E-state index in [9.17, 15) is 18.8 Å². The molecule has 0 aromatic heterocycles. The molecule has 4 nitrogen and oxygen atoms in total. The maximum atomic E-state index is 11.7. The van der Waals surface area contributed by atoms with Crippen LogP contribution in [0.1, 0.15) is 46.0 Å². The van der Waals surface area contributed by atoms with Gasteiger partial charge in [-0.2, -0.15) is 5.26 Å². The summed E-state index contributed by atoms with van der Waals surface area (Å²) in [6.07, 6.45) is 3.17. The molecule has 1 heterocycles. The van der Waals surface area contributed by atoms with Crippen molar-refractivity contribution in [3.63, 3.8) is 0 Å². The maximum Gasteiger partial charge on any atom is 0.152 e. The van der Waals surface area contributed by atoms with Crippen molar-refractivity contribution in [3.8, 4) is 6.07 Å². The van der Waals surface area contributed by atoms with Gasteiger partial charge in [0.15, 0.2) is 9.84 Å². The van der Waals surface area contributed by atoms with Crippen LogP contribution in [0.2, 0.25) is 0 Å². The molecule has 1 aliphatic heterocycles. The zero-order valence-corrected chi connectivity index (χ0v) is 12.5. The van der Waals surface area contributed by atoms with Crippen molar-refractivity contribution in [3.05, 3.63) is 0 Å². The van der Waals surface area contributed by atoms with Gasteiger partial charge >= 0.3 is 0 Å². The highest BCUT2D eigenvalue weighted by atomic mass is 32.2. The smallest absolute Gasteiger partial charge is 0.152 e. The summed E-state index contributed by atoms with van der Waals surface area (Å²) >= 11 is 0. The van der Waals surface area contributed by atoms with E-state index in [0.29, 0.717) is 24.7 Å². The number of sulfone groups is 1. The van der Waals surface area contributed by atoms with Crippen LogP contribution in [0, 0.1) is 28.6 Å². The molecular formula is C14H23NO3S. The van der Waals surface area contributed by atoms with Crippen LogP contribution in [-0.4, -0.2) is 30.6 Å². The largest absolute Gasteiger partial charge is 0.388 e. The van der Waals surface area contributed by atoms with E-state index in [1.54, 1.807) is 0 Å². The van der Waals surface area contributed by atoms with Crippen LogP contribution >= 0.6 is 0 Å². The molecule has 0 bridgehead atoms. The first-order valence-electron chi connectivity index (χ1n) is 7.08. The number of nitrogens with zero attached hydrogens (tertiary/aromatic N) is 1. The van der Waals surface area contributed by atoms with E-state index >= 15 is 0 Å². The first kappa shape index (κ1) is 14.8. The molecule has 2 rings (SSSR count). The van der Waals surface area contributed by atoms with E-state index in [4.69, 9.17) is 0 Å². The number of rotatable bonds is 2. The van der Waals surface area contributed by atoms with Gasteiger partial charge in [0.2, 0.25) is 0 Å². The van der Waals surface area contributed by atoms with Crippen LogP contribution in [0.25, 0.3) is 0 Å². The standard InChI is InChI=1S/C14H23NO3S/c1-11(2)12-3-5-14(16,6-4-12)13(9-15)7-8-19(17,18)10-13/h11-12,16H,3-8,10H2,1-2H3. The Morgan fingerprint density at radius 3 is 2.21 bits per heavy atom. The predicted molar refractivity (Wildman–Crippen MR) is 73.1 cm³/mol. The van der Waals surface area contributed by atoms with Gasteiger partial charge in [0.05, 0.1) is 23.2 Å². The summed E-state index contributed by atoms with van der Waals surface area (Å²) in [5.74, 6) is 1.03. The van der Waals surface area contributed by atoms with E-state index in [1.807, 2.05) is 0 Å². The molecule has 0 aromatic rings. The molecule has 1 saturated carbocycles. The molecule has 1 N–H and O–H groups in total. The lowest BCUT2D eigenvalue weighted by atomic mass is 9.62. The van der Waals surface area contributed by atoms with Crippen molar-refractivity contribution in [2.75, 3.05) is 11.5 Å². The van der Waals surface area contributed by atoms with Gasteiger partial charge in [0.25, 0.3) is 0 Å². The molecule has 19 heavy (non-hydrogen) atoms. The Morgan fingerprint density at radius 1 is 1.26 bits per heavy atom. The van der Waals surface area contributed by atoms with E-state index in [-0.39, 0.29) is 17.9 Å². The van der Waals surface area contributed by atoms with Crippen molar-refractivity contribution >= 4 is 9.84 Å². The van der Waals surface area contributed by atoms with Crippen molar-refractivity contribution in [2.24, 2.45) is 17.3 Å². The first-order chi connectivity index (χ1) is 8.74. The Bertz CT molecular complexity index is 483. The Labute approximate surface area is 115 Å². The Hall–Kier alpha value is -0.600. The number of hydrogen-bond acceptors (Lipinski definition) is 4. The summed E-state index contributed by atoms with van der Waals surface area (Å²) < 4.78 is 23.4. The third-order valence-electron chi connectivity index (χ3n) is 5.21. The van der Waals surface area contributed by atoms with Gasteiger partial charge in [-0.05, 0) is 43.9 Å².